The summed E-state index contributed by atoms with van der Waals surface area (Å²) in [7, 11) is 1.71. The third-order valence-electron chi connectivity index (χ3n) is 5.42. The molecule has 0 bridgehead atoms. The number of nitrogens with one attached hydrogen (secondary N) is 3. The van der Waals surface area contributed by atoms with Crippen LogP contribution in [-0.4, -0.2) is 64.3 Å². The van der Waals surface area contributed by atoms with Gasteiger partial charge in [-0.05, 0) is 44.5 Å². The number of imide groups is 1. The SMILES string of the molecule is Cc1ccnc(NC(=O)CN(C)CCC(=O)NN2C(=O)NC3(CCCCC3)C2=O)c1. The molecule has 3 rings (SSSR count). The third kappa shape index (κ3) is 5.12. The van der Waals surface area contributed by atoms with Crippen molar-refractivity contribution in [2.45, 2.75) is 51.0 Å². The molecule has 0 radical (unpaired) electrons. The minimum Gasteiger partial charge on any atom is -0.322 e. The molecule has 1 aromatic rings. The van der Waals surface area contributed by atoms with Crippen molar-refractivity contribution >= 4 is 29.6 Å². The van der Waals surface area contributed by atoms with E-state index in [4.69, 9.17) is 0 Å². The maximum atomic E-state index is 12.7. The number of aryl methyl sites for hydroxylation is 1. The van der Waals surface area contributed by atoms with Gasteiger partial charge in [-0.15, -0.1) is 0 Å². The van der Waals surface area contributed by atoms with Gasteiger partial charge in [-0.2, -0.15) is 5.01 Å². The van der Waals surface area contributed by atoms with E-state index in [9.17, 15) is 19.2 Å². The topological polar surface area (TPSA) is 124 Å². The summed E-state index contributed by atoms with van der Waals surface area (Å²) in [4.78, 5) is 55.0. The Morgan fingerprint density at radius 1 is 1.23 bits per heavy atom. The number of nitrogens with zero attached hydrogens (tertiary/aromatic N) is 3. The second-order valence-corrected chi connectivity index (χ2v) is 8.00. The fourth-order valence-corrected chi connectivity index (χ4v) is 3.80. The Kier molecular flexibility index (Phi) is 6.66. The predicted octanol–water partition coefficient (Wildman–Crippen LogP) is 0.936. The van der Waals surface area contributed by atoms with Crippen LogP contribution in [0.5, 0.6) is 0 Å². The van der Waals surface area contributed by atoms with Gasteiger partial charge in [0.25, 0.3) is 5.91 Å². The molecule has 0 atom stereocenters. The fourth-order valence-electron chi connectivity index (χ4n) is 3.80. The number of pyridine rings is 1. The van der Waals surface area contributed by atoms with Crippen molar-refractivity contribution in [3.05, 3.63) is 23.9 Å². The van der Waals surface area contributed by atoms with E-state index in [0.717, 1.165) is 29.8 Å². The molecule has 1 spiro atoms. The monoisotopic (exact) mass is 416 g/mol. The standard InChI is InChI=1S/C20H28N6O4/c1-14-6-10-21-15(12-14)22-17(28)13-25(2)11-7-16(27)24-26-18(29)20(23-19(26)30)8-4-3-5-9-20/h6,10,12H,3-5,7-9,11,13H2,1-2H3,(H,23,30)(H,24,27)(H,21,22,28). The number of hydrogen-bond acceptors (Lipinski definition) is 6. The number of aromatic nitrogens is 1. The molecule has 1 saturated carbocycles. The highest BCUT2D eigenvalue weighted by atomic mass is 16.2. The van der Waals surface area contributed by atoms with Crippen molar-refractivity contribution in [3.8, 4) is 0 Å². The molecule has 0 unspecified atom stereocenters. The Morgan fingerprint density at radius 3 is 2.67 bits per heavy atom. The van der Waals surface area contributed by atoms with Crippen LogP contribution in [0.2, 0.25) is 0 Å². The molecule has 1 saturated heterocycles. The van der Waals surface area contributed by atoms with Gasteiger partial charge in [-0.3, -0.25) is 24.7 Å². The first-order chi connectivity index (χ1) is 14.3. The van der Waals surface area contributed by atoms with Gasteiger partial charge in [0.05, 0.1) is 6.54 Å². The third-order valence-corrected chi connectivity index (χ3v) is 5.42. The van der Waals surface area contributed by atoms with E-state index in [0.29, 0.717) is 18.7 Å². The molecular formula is C20H28N6O4. The maximum absolute atomic E-state index is 12.7. The minimum atomic E-state index is -0.874. The molecule has 10 heteroatoms. The number of rotatable bonds is 7. The Bertz CT molecular complexity index is 836. The second kappa shape index (κ2) is 9.21. The van der Waals surface area contributed by atoms with Crippen LogP contribution in [0, 0.1) is 6.92 Å². The molecule has 2 fully saturated rings. The Balaban J connectivity index is 1.43. The lowest BCUT2D eigenvalue weighted by Crippen LogP contribution is -2.51. The van der Waals surface area contributed by atoms with Crippen LogP contribution in [0.1, 0.15) is 44.1 Å². The average Bonchev–Trinajstić information content (AvgIpc) is 2.91. The van der Waals surface area contributed by atoms with Gasteiger partial charge >= 0.3 is 6.03 Å². The van der Waals surface area contributed by atoms with Crippen LogP contribution in [0.4, 0.5) is 10.6 Å². The van der Waals surface area contributed by atoms with Crippen molar-refractivity contribution in [1.29, 1.82) is 0 Å². The number of urea groups is 1. The van der Waals surface area contributed by atoms with Gasteiger partial charge in [0, 0.05) is 19.2 Å². The van der Waals surface area contributed by atoms with Gasteiger partial charge in [0.15, 0.2) is 0 Å². The first-order valence-electron chi connectivity index (χ1n) is 10.2. The lowest BCUT2D eigenvalue weighted by atomic mass is 9.82. The van der Waals surface area contributed by atoms with E-state index in [-0.39, 0.29) is 31.3 Å². The maximum Gasteiger partial charge on any atom is 0.344 e. The Morgan fingerprint density at radius 2 is 1.97 bits per heavy atom. The van der Waals surface area contributed by atoms with Crippen molar-refractivity contribution in [1.82, 2.24) is 25.6 Å². The van der Waals surface area contributed by atoms with E-state index < -0.39 is 17.5 Å². The molecule has 2 aliphatic rings. The highest BCUT2D eigenvalue weighted by Crippen LogP contribution is 2.32. The molecule has 2 heterocycles. The summed E-state index contributed by atoms with van der Waals surface area (Å²) in [5.41, 5.74) is 2.51. The summed E-state index contributed by atoms with van der Waals surface area (Å²) in [6.07, 6.45) is 5.63. The van der Waals surface area contributed by atoms with Gasteiger partial charge in [0.2, 0.25) is 11.8 Å². The van der Waals surface area contributed by atoms with E-state index >= 15 is 0 Å². The quantitative estimate of drug-likeness (QED) is 0.568. The summed E-state index contributed by atoms with van der Waals surface area (Å²) in [5, 5.41) is 6.25. The van der Waals surface area contributed by atoms with Crippen LogP contribution in [0.3, 0.4) is 0 Å². The van der Waals surface area contributed by atoms with E-state index in [2.05, 4.69) is 21.0 Å². The van der Waals surface area contributed by atoms with Crippen molar-refractivity contribution < 1.29 is 19.2 Å². The van der Waals surface area contributed by atoms with Crippen LogP contribution in [0.15, 0.2) is 18.3 Å². The first-order valence-corrected chi connectivity index (χ1v) is 10.2. The first kappa shape index (κ1) is 21.7. The molecule has 5 amide bonds. The number of anilines is 1. The summed E-state index contributed by atoms with van der Waals surface area (Å²) in [5.74, 6) is -0.622. The number of carbonyl (C=O) groups excluding carboxylic acids is 4. The van der Waals surface area contributed by atoms with Gasteiger partial charge < -0.3 is 10.6 Å². The van der Waals surface area contributed by atoms with Crippen LogP contribution in [-0.2, 0) is 14.4 Å². The van der Waals surface area contributed by atoms with Gasteiger partial charge in [0.1, 0.15) is 11.4 Å². The zero-order chi connectivity index (χ0) is 21.7. The average molecular weight is 416 g/mol. The van der Waals surface area contributed by atoms with E-state index in [1.165, 1.54) is 0 Å². The molecular weight excluding hydrogens is 388 g/mol. The smallest absolute Gasteiger partial charge is 0.322 e. The van der Waals surface area contributed by atoms with Gasteiger partial charge in [-0.25, -0.2) is 9.78 Å². The summed E-state index contributed by atoms with van der Waals surface area (Å²) in [6, 6.07) is 3.01. The Labute approximate surface area is 175 Å². The molecule has 10 nitrogen and oxygen atoms in total. The zero-order valence-corrected chi connectivity index (χ0v) is 17.4. The molecule has 3 N–H and O–H groups in total. The highest BCUT2D eigenvalue weighted by molar-refractivity contribution is 6.08. The summed E-state index contributed by atoms with van der Waals surface area (Å²) in [6.45, 7) is 2.27. The largest absolute Gasteiger partial charge is 0.344 e. The number of hydrazine groups is 1. The van der Waals surface area contributed by atoms with Crippen LogP contribution < -0.4 is 16.1 Å². The van der Waals surface area contributed by atoms with Crippen LogP contribution >= 0.6 is 0 Å². The number of likely N-dealkylation sites (N-methyl/N-ethyl adjacent to an activating group) is 1. The summed E-state index contributed by atoms with van der Waals surface area (Å²) < 4.78 is 0. The number of carbonyl (C=O) groups is 4. The lowest BCUT2D eigenvalue weighted by molar-refractivity contribution is -0.140. The van der Waals surface area contributed by atoms with E-state index in [1.807, 2.05) is 13.0 Å². The lowest BCUT2D eigenvalue weighted by Gasteiger charge is -2.30. The minimum absolute atomic E-state index is 0.0382. The van der Waals surface area contributed by atoms with Crippen molar-refractivity contribution in [3.63, 3.8) is 0 Å². The molecule has 1 aliphatic heterocycles. The predicted molar refractivity (Wildman–Crippen MR) is 109 cm³/mol. The molecule has 1 aliphatic carbocycles. The fraction of sp³-hybridized carbons (Fsp3) is 0.550. The van der Waals surface area contributed by atoms with Crippen molar-refractivity contribution in [2.24, 2.45) is 0 Å². The molecule has 0 aromatic carbocycles. The van der Waals surface area contributed by atoms with Crippen molar-refractivity contribution in [2.75, 3.05) is 25.5 Å². The van der Waals surface area contributed by atoms with Gasteiger partial charge in [-0.1, -0.05) is 19.3 Å². The molecule has 30 heavy (non-hydrogen) atoms. The number of hydrogen-bond donors (Lipinski definition) is 3. The highest BCUT2D eigenvalue weighted by Gasteiger charge is 2.52. The van der Waals surface area contributed by atoms with Crippen LogP contribution in [0.25, 0.3) is 0 Å². The second-order valence-electron chi connectivity index (χ2n) is 8.00. The molecule has 1 aromatic heterocycles. The molecule has 162 valence electrons. The zero-order valence-electron chi connectivity index (χ0n) is 17.4. The Hall–Kier alpha value is -3.01. The van der Waals surface area contributed by atoms with E-state index in [1.54, 1.807) is 24.2 Å². The summed E-state index contributed by atoms with van der Waals surface area (Å²) >= 11 is 0. The normalized spacial score (nSPS) is 17.9. The number of amides is 5.